The van der Waals surface area contributed by atoms with Gasteiger partial charge in [0.2, 0.25) is 0 Å². The van der Waals surface area contributed by atoms with Gasteiger partial charge in [-0.2, -0.15) is 0 Å². The maximum atomic E-state index is 10.8. The summed E-state index contributed by atoms with van der Waals surface area (Å²) < 4.78 is 5.19. The molecule has 0 aliphatic carbocycles. The lowest BCUT2D eigenvalue weighted by atomic mass is 10.1. The third kappa shape index (κ3) is 2.77. The van der Waals surface area contributed by atoms with Crippen molar-refractivity contribution in [1.82, 2.24) is 4.98 Å². The Morgan fingerprint density at radius 1 is 1.37 bits per heavy atom. The second-order valence-electron chi connectivity index (χ2n) is 3.75. The lowest BCUT2D eigenvalue weighted by molar-refractivity contribution is -0.106. The average molecular weight is 256 g/mol. The Labute approximate surface area is 109 Å². The summed E-state index contributed by atoms with van der Waals surface area (Å²) in [5.41, 5.74) is 1.47. The normalized spacial score (nSPS) is 11.1. The first-order valence-electron chi connectivity index (χ1n) is 5.59. The lowest BCUT2D eigenvalue weighted by Crippen LogP contribution is -2.02. The zero-order valence-electron chi connectivity index (χ0n) is 10.3. The lowest BCUT2D eigenvalue weighted by Gasteiger charge is -2.10. The van der Waals surface area contributed by atoms with E-state index in [1.165, 1.54) is 0 Å². The van der Waals surface area contributed by atoms with Gasteiger partial charge in [0.15, 0.2) is 6.29 Å². The molecular formula is C14H12N2O3. The number of pyridine rings is 1. The number of rotatable bonds is 5. The predicted octanol–water partition coefficient (Wildman–Crippen LogP) is 1.94. The maximum Gasteiger partial charge on any atom is 0.166 e. The summed E-state index contributed by atoms with van der Waals surface area (Å²) in [5.74, 6) is 0.638. The van der Waals surface area contributed by atoms with Crippen LogP contribution in [0.25, 0.3) is 10.9 Å². The highest BCUT2D eigenvalue weighted by atomic mass is 16.5. The summed E-state index contributed by atoms with van der Waals surface area (Å²) in [6.45, 7) is 0. The van der Waals surface area contributed by atoms with E-state index in [0.29, 0.717) is 29.5 Å². The number of anilines is 1. The Kier molecular flexibility index (Phi) is 3.87. The Bertz CT molecular complexity index is 650. The number of fused-ring (bicyclic) bond motifs is 1. The van der Waals surface area contributed by atoms with Gasteiger partial charge in [-0.05, 0) is 12.1 Å². The van der Waals surface area contributed by atoms with Crippen LogP contribution in [-0.4, -0.2) is 24.7 Å². The largest absolute Gasteiger partial charge is 0.497 e. The molecule has 0 unspecified atom stereocenters. The van der Waals surface area contributed by atoms with Gasteiger partial charge in [0, 0.05) is 23.7 Å². The van der Waals surface area contributed by atoms with Crippen molar-refractivity contribution in [3.8, 4) is 5.75 Å². The van der Waals surface area contributed by atoms with Crippen molar-refractivity contribution in [2.45, 2.75) is 0 Å². The van der Waals surface area contributed by atoms with Crippen molar-refractivity contribution in [2.75, 3.05) is 12.4 Å². The number of nitrogens with zero attached hydrogens (tertiary/aromatic N) is 1. The molecule has 96 valence electrons. The van der Waals surface area contributed by atoms with Crippen LogP contribution in [0.3, 0.4) is 0 Å². The Morgan fingerprint density at radius 2 is 2.21 bits per heavy atom. The number of carbonyl (C=O) groups is 2. The van der Waals surface area contributed by atoms with Crippen LogP contribution in [0.5, 0.6) is 5.75 Å². The number of carbonyl (C=O) groups excluding carboxylic acids is 2. The van der Waals surface area contributed by atoms with Crippen molar-refractivity contribution in [3.63, 3.8) is 0 Å². The van der Waals surface area contributed by atoms with Crippen molar-refractivity contribution >= 4 is 29.2 Å². The zero-order chi connectivity index (χ0) is 13.7. The van der Waals surface area contributed by atoms with E-state index in [-0.39, 0.29) is 5.70 Å². The van der Waals surface area contributed by atoms with Crippen LogP contribution in [0.2, 0.25) is 0 Å². The van der Waals surface area contributed by atoms with Crippen LogP contribution in [0.1, 0.15) is 0 Å². The number of nitrogens with one attached hydrogen (secondary N) is 1. The monoisotopic (exact) mass is 256 g/mol. The Morgan fingerprint density at radius 3 is 2.89 bits per heavy atom. The third-order valence-electron chi connectivity index (χ3n) is 2.57. The van der Waals surface area contributed by atoms with Crippen molar-refractivity contribution in [1.29, 1.82) is 0 Å². The molecule has 0 fully saturated rings. The minimum atomic E-state index is 0.162. The molecule has 0 atom stereocenters. The number of ether oxygens (including phenoxy) is 1. The zero-order valence-corrected chi connectivity index (χ0v) is 10.3. The van der Waals surface area contributed by atoms with Crippen molar-refractivity contribution in [3.05, 3.63) is 42.2 Å². The summed E-state index contributed by atoms with van der Waals surface area (Å²) in [7, 11) is 1.56. The molecule has 0 radical (unpaired) electrons. The summed E-state index contributed by atoms with van der Waals surface area (Å²) >= 11 is 0. The number of hydrogen-bond donors (Lipinski definition) is 1. The van der Waals surface area contributed by atoms with Crippen LogP contribution in [0.4, 0.5) is 5.69 Å². The number of methoxy groups -OCH3 is 1. The van der Waals surface area contributed by atoms with Gasteiger partial charge in [-0.1, -0.05) is 6.07 Å². The highest BCUT2D eigenvalue weighted by Gasteiger charge is 2.06. The minimum Gasteiger partial charge on any atom is -0.497 e. The van der Waals surface area contributed by atoms with Gasteiger partial charge in [-0.15, -0.1) is 0 Å². The fraction of sp³-hybridized carbons (Fsp3) is 0.0714. The van der Waals surface area contributed by atoms with Gasteiger partial charge in [0.25, 0.3) is 0 Å². The molecule has 0 aliphatic rings. The molecule has 0 bridgehead atoms. The minimum absolute atomic E-state index is 0.162. The number of aromatic nitrogens is 1. The number of allylic oxidation sites excluding steroid dienone is 2. The van der Waals surface area contributed by atoms with Gasteiger partial charge < -0.3 is 10.1 Å². The summed E-state index contributed by atoms with van der Waals surface area (Å²) in [6, 6.07) is 7.27. The quantitative estimate of drug-likeness (QED) is 0.654. The SMILES string of the molecule is COc1cc(N/C(C=O)=C\C=O)c2ncccc2c1. The average Bonchev–Trinajstić information content (AvgIpc) is 2.46. The molecule has 1 aromatic heterocycles. The van der Waals surface area contributed by atoms with Gasteiger partial charge in [0.05, 0.1) is 24.0 Å². The van der Waals surface area contributed by atoms with Gasteiger partial charge in [-0.3, -0.25) is 14.6 Å². The molecule has 0 saturated carbocycles. The fourth-order valence-electron chi connectivity index (χ4n) is 1.72. The standard InChI is InChI=1S/C14H12N2O3/c1-19-12-7-10-3-2-5-15-14(10)13(8-12)16-11(9-18)4-6-17/h2-9,16H,1H3/b11-4-. The Balaban J connectivity index is 2.54. The molecule has 2 rings (SSSR count). The van der Waals surface area contributed by atoms with E-state index in [0.717, 1.165) is 11.5 Å². The van der Waals surface area contributed by atoms with Crippen LogP contribution >= 0.6 is 0 Å². The van der Waals surface area contributed by atoms with E-state index in [9.17, 15) is 9.59 Å². The maximum absolute atomic E-state index is 10.8. The fourth-order valence-corrected chi connectivity index (χ4v) is 1.72. The van der Waals surface area contributed by atoms with Gasteiger partial charge >= 0.3 is 0 Å². The van der Waals surface area contributed by atoms with Gasteiger partial charge in [-0.25, -0.2) is 0 Å². The van der Waals surface area contributed by atoms with Crippen molar-refractivity contribution in [2.24, 2.45) is 0 Å². The van der Waals surface area contributed by atoms with Gasteiger partial charge in [0.1, 0.15) is 12.0 Å². The molecule has 0 saturated heterocycles. The molecular weight excluding hydrogens is 244 g/mol. The van der Waals surface area contributed by atoms with E-state index >= 15 is 0 Å². The van der Waals surface area contributed by atoms with E-state index in [4.69, 9.17) is 4.74 Å². The molecule has 1 N–H and O–H groups in total. The number of benzene rings is 1. The molecule has 19 heavy (non-hydrogen) atoms. The molecule has 5 heteroatoms. The highest BCUT2D eigenvalue weighted by molar-refractivity contribution is 5.95. The van der Waals surface area contributed by atoms with Crippen LogP contribution in [0, 0.1) is 0 Å². The number of aldehydes is 2. The summed E-state index contributed by atoms with van der Waals surface area (Å²) in [4.78, 5) is 25.5. The second kappa shape index (κ2) is 5.77. The second-order valence-corrected chi connectivity index (χ2v) is 3.75. The van der Waals surface area contributed by atoms with Crippen LogP contribution < -0.4 is 10.1 Å². The Hall–Kier alpha value is -2.69. The van der Waals surface area contributed by atoms with Crippen LogP contribution in [-0.2, 0) is 9.59 Å². The number of hydrogen-bond acceptors (Lipinski definition) is 5. The molecule has 0 spiro atoms. The summed E-state index contributed by atoms with van der Waals surface area (Å²) in [5, 5.41) is 3.74. The highest BCUT2D eigenvalue weighted by Crippen LogP contribution is 2.28. The summed E-state index contributed by atoms with van der Waals surface area (Å²) in [6.07, 6.45) is 3.93. The first-order valence-corrected chi connectivity index (χ1v) is 5.59. The van der Waals surface area contributed by atoms with Crippen molar-refractivity contribution < 1.29 is 14.3 Å². The molecule has 0 amide bonds. The van der Waals surface area contributed by atoms with E-state index < -0.39 is 0 Å². The first kappa shape index (κ1) is 12.8. The first-order chi connectivity index (χ1) is 9.28. The van der Waals surface area contributed by atoms with E-state index in [1.807, 2.05) is 18.2 Å². The molecule has 1 aromatic carbocycles. The topological polar surface area (TPSA) is 68.3 Å². The van der Waals surface area contributed by atoms with E-state index in [2.05, 4.69) is 10.3 Å². The molecule has 0 aliphatic heterocycles. The smallest absolute Gasteiger partial charge is 0.166 e. The third-order valence-corrected chi connectivity index (χ3v) is 2.57. The predicted molar refractivity (Wildman–Crippen MR) is 72.1 cm³/mol. The molecule has 1 heterocycles. The van der Waals surface area contributed by atoms with E-state index in [1.54, 1.807) is 19.4 Å². The molecule has 2 aromatic rings. The molecule has 5 nitrogen and oxygen atoms in total. The van der Waals surface area contributed by atoms with Crippen LogP contribution in [0.15, 0.2) is 42.2 Å².